The van der Waals surface area contributed by atoms with Crippen LogP contribution in [-0.2, 0) is 0 Å². The minimum atomic E-state index is 0.0892. The number of benzene rings is 3. The number of nitrogens with zero attached hydrogens (tertiary/aromatic N) is 4. The molecule has 5 nitrogen and oxygen atoms in total. The zero-order valence-electron chi connectivity index (χ0n) is 17.5. The molecule has 1 aliphatic heterocycles. The summed E-state index contributed by atoms with van der Waals surface area (Å²) in [5, 5.41) is 11.1. The molecule has 0 bridgehead atoms. The standard InChI is InChI=1S/C26H24N4O/c1-19-6-2-5-9-23(19)24-12-13-25(28-27-24)29-14-16-30(17-15-29)26(31)22-11-10-20-7-3-4-8-21(20)18-22/h2-13,18H,14-17H2,1H3. The van der Waals surface area contributed by atoms with E-state index in [1.807, 2.05) is 65.6 Å². The first kappa shape index (κ1) is 19.2. The summed E-state index contributed by atoms with van der Waals surface area (Å²) in [6.45, 7) is 4.92. The van der Waals surface area contributed by atoms with Crippen molar-refractivity contribution in [3.05, 3.63) is 90.0 Å². The second-order valence-electron chi connectivity index (χ2n) is 7.93. The van der Waals surface area contributed by atoms with E-state index < -0.39 is 0 Å². The van der Waals surface area contributed by atoms with E-state index in [0.717, 1.165) is 46.5 Å². The lowest BCUT2D eigenvalue weighted by atomic mass is 10.1. The molecule has 1 fully saturated rings. The second-order valence-corrected chi connectivity index (χ2v) is 7.93. The van der Waals surface area contributed by atoms with E-state index in [2.05, 4.69) is 40.2 Å². The van der Waals surface area contributed by atoms with Crippen molar-refractivity contribution in [2.75, 3.05) is 31.1 Å². The fraction of sp³-hybridized carbons (Fsp3) is 0.192. The van der Waals surface area contributed by atoms with Gasteiger partial charge in [0, 0.05) is 37.3 Å². The molecule has 0 N–H and O–H groups in total. The molecule has 0 unspecified atom stereocenters. The first-order chi connectivity index (χ1) is 15.2. The van der Waals surface area contributed by atoms with Crippen LogP contribution in [0.15, 0.2) is 78.9 Å². The van der Waals surface area contributed by atoms with Crippen molar-refractivity contribution in [3.8, 4) is 11.3 Å². The van der Waals surface area contributed by atoms with Gasteiger partial charge in [-0.25, -0.2) is 0 Å². The Balaban J connectivity index is 1.25. The number of hydrogen-bond acceptors (Lipinski definition) is 4. The highest BCUT2D eigenvalue weighted by molar-refractivity contribution is 5.98. The monoisotopic (exact) mass is 408 g/mol. The number of amides is 1. The Labute approximate surface area is 182 Å². The van der Waals surface area contributed by atoms with Gasteiger partial charge >= 0.3 is 0 Å². The fourth-order valence-corrected chi connectivity index (χ4v) is 4.14. The van der Waals surface area contributed by atoms with E-state index >= 15 is 0 Å². The van der Waals surface area contributed by atoms with Gasteiger partial charge in [-0.3, -0.25) is 4.79 Å². The average molecular weight is 409 g/mol. The molecular weight excluding hydrogens is 384 g/mol. The number of hydrogen-bond donors (Lipinski definition) is 0. The highest BCUT2D eigenvalue weighted by Crippen LogP contribution is 2.23. The van der Waals surface area contributed by atoms with E-state index in [1.165, 1.54) is 5.56 Å². The third-order valence-corrected chi connectivity index (χ3v) is 5.96. The van der Waals surface area contributed by atoms with Gasteiger partial charge in [-0.1, -0.05) is 54.6 Å². The zero-order valence-corrected chi connectivity index (χ0v) is 17.5. The maximum atomic E-state index is 13.0. The Morgan fingerprint density at radius 1 is 0.774 bits per heavy atom. The Bertz CT molecular complexity index is 1230. The number of aryl methyl sites for hydroxylation is 1. The summed E-state index contributed by atoms with van der Waals surface area (Å²) in [4.78, 5) is 17.1. The summed E-state index contributed by atoms with van der Waals surface area (Å²) >= 11 is 0. The van der Waals surface area contributed by atoms with E-state index in [4.69, 9.17) is 0 Å². The van der Waals surface area contributed by atoms with E-state index in [1.54, 1.807) is 0 Å². The van der Waals surface area contributed by atoms with E-state index in [9.17, 15) is 4.79 Å². The number of carbonyl (C=O) groups is 1. The predicted octanol–water partition coefficient (Wildman–Crippen LogP) is 4.57. The van der Waals surface area contributed by atoms with Crippen molar-refractivity contribution in [2.45, 2.75) is 6.92 Å². The fourth-order valence-electron chi connectivity index (χ4n) is 4.14. The van der Waals surface area contributed by atoms with Crippen LogP contribution in [0.25, 0.3) is 22.0 Å². The maximum absolute atomic E-state index is 13.0. The topological polar surface area (TPSA) is 49.3 Å². The molecule has 2 heterocycles. The number of carbonyl (C=O) groups excluding carboxylic acids is 1. The second kappa shape index (κ2) is 8.19. The SMILES string of the molecule is Cc1ccccc1-c1ccc(N2CCN(C(=O)c3ccc4ccccc4c3)CC2)nn1. The van der Waals surface area contributed by atoms with Crippen molar-refractivity contribution in [2.24, 2.45) is 0 Å². The van der Waals surface area contributed by atoms with E-state index in [-0.39, 0.29) is 5.91 Å². The smallest absolute Gasteiger partial charge is 0.253 e. The number of anilines is 1. The number of fused-ring (bicyclic) bond motifs is 1. The van der Waals surface area contributed by atoms with Crippen LogP contribution in [0.3, 0.4) is 0 Å². The quantitative estimate of drug-likeness (QED) is 0.498. The largest absolute Gasteiger partial charge is 0.352 e. The first-order valence-corrected chi connectivity index (χ1v) is 10.6. The molecule has 31 heavy (non-hydrogen) atoms. The van der Waals surface area contributed by atoms with Crippen molar-refractivity contribution in [1.29, 1.82) is 0 Å². The van der Waals surface area contributed by atoms with Crippen LogP contribution in [0.5, 0.6) is 0 Å². The van der Waals surface area contributed by atoms with Crippen LogP contribution in [-0.4, -0.2) is 47.2 Å². The Kier molecular flexibility index (Phi) is 5.08. The minimum Gasteiger partial charge on any atom is -0.352 e. The number of aromatic nitrogens is 2. The first-order valence-electron chi connectivity index (χ1n) is 10.6. The normalized spacial score (nSPS) is 14.1. The van der Waals surface area contributed by atoms with Crippen molar-refractivity contribution in [3.63, 3.8) is 0 Å². The van der Waals surface area contributed by atoms with Crippen LogP contribution in [0.2, 0.25) is 0 Å². The van der Waals surface area contributed by atoms with Gasteiger partial charge in [-0.05, 0) is 47.5 Å². The molecule has 4 aromatic rings. The molecule has 5 rings (SSSR count). The lowest BCUT2D eigenvalue weighted by molar-refractivity contribution is 0.0746. The molecule has 1 aliphatic rings. The minimum absolute atomic E-state index is 0.0892. The lowest BCUT2D eigenvalue weighted by Gasteiger charge is -2.35. The maximum Gasteiger partial charge on any atom is 0.253 e. The summed E-state index contributed by atoms with van der Waals surface area (Å²) < 4.78 is 0. The van der Waals surface area contributed by atoms with Crippen molar-refractivity contribution >= 4 is 22.5 Å². The van der Waals surface area contributed by atoms with Gasteiger partial charge in [-0.2, -0.15) is 0 Å². The molecule has 0 saturated carbocycles. The highest BCUT2D eigenvalue weighted by atomic mass is 16.2. The lowest BCUT2D eigenvalue weighted by Crippen LogP contribution is -2.49. The molecule has 0 spiro atoms. The van der Waals surface area contributed by atoms with E-state index in [0.29, 0.717) is 13.1 Å². The molecule has 3 aromatic carbocycles. The Morgan fingerprint density at radius 2 is 1.52 bits per heavy atom. The highest BCUT2D eigenvalue weighted by Gasteiger charge is 2.23. The molecule has 5 heteroatoms. The molecule has 0 atom stereocenters. The molecule has 1 amide bonds. The summed E-state index contributed by atoms with van der Waals surface area (Å²) in [6.07, 6.45) is 0. The Hall–Kier alpha value is -3.73. The molecule has 154 valence electrons. The summed E-state index contributed by atoms with van der Waals surface area (Å²) in [7, 11) is 0. The molecular formula is C26H24N4O. The molecule has 1 aromatic heterocycles. The predicted molar refractivity (Wildman–Crippen MR) is 124 cm³/mol. The third kappa shape index (κ3) is 3.87. The van der Waals surface area contributed by atoms with Crippen LogP contribution < -0.4 is 4.90 Å². The van der Waals surface area contributed by atoms with Crippen LogP contribution in [0.4, 0.5) is 5.82 Å². The van der Waals surface area contributed by atoms with Gasteiger partial charge in [0.1, 0.15) is 0 Å². The van der Waals surface area contributed by atoms with Gasteiger partial charge in [0.2, 0.25) is 0 Å². The van der Waals surface area contributed by atoms with Crippen LogP contribution >= 0.6 is 0 Å². The Morgan fingerprint density at radius 3 is 2.26 bits per heavy atom. The summed E-state index contributed by atoms with van der Waals surface area (Å²) in [5.74, 6) is 0.946. The third-order valence-electron chi connectivity index (χ3n) is 5.96. The van der Waals surface area contributed by atoms with Gasteiger partial charge in [0.15, 0.2) is 5.82 Å². The van der Waals surface area contributed by atoms with Crippen LogP contribution in [0.1, 0.15) is 15.9 Å². The number of rotatable bonds is 3. The van der Waals surface area contributed by atoms with Crippen molar-refractivity contribution < 1.29 is 4.79 Å². The summed E-state index contributed by atoms with van der Waals surface area (Å²) in [5.41, 5.74) is 3.92. The zero-order chi connectivity index (χ0) is 21.2. The van der Waals surface area contributed by atoms with Gasteiger partial charge in [0.25, 0.3) is 5.91 Å². The van der Waals surface area contributed by atoms with Gasteiger partial charge < -0.3 is 9.80 Å². The van der Waals surface area contributed by atoms with Gasteiger partial charge in [0.05, 0.1) is 5.69 Å². The molecule has 1 saturated heterocycles. The van der Waals surface area contributed by atoms with Crippen molar-refractivity contribution in [1.82, 2.24) is 15.1 Å². The average Bonchev–Trinajstić information content (AvgIpc) is 2.84. The summed E-state index contributed by atoms with van der Waals surface area (Å²) in [6, 6.07) is 26.3. The number of piperazine rings is 1. The molecule has 0 aliphatic carbocycles. The molecule has 0 radical (unpaired) electrons. The van der Waals surface area contributed by atoms with Gasteiger partial charge in [-0.15, -0.1) is 10.2 Å². The van der Waals surface area contributed by atoms with Crippen LogP contribution in [0, 0.1) is 6.92 Å².